The third-order valence-corrected chi connectivity index (χ3v) is 3.01. The normalized spacial score (nSPS) is 16.9. The van der Waals surface area contributed by atoms with Gasteiger partial charge in [0, 0.05) is 0 Å². The van der Waals surface area contributed by atoms with E-state index in [-0.39, 0.29) is 11.9 Å². The molecule has 0 heterocycles. The fraction of sp³-hybridized carbons (Fsp3) is 0.462. The minimum absolute atomic E-state index is 0.107. The third kappa shape index (κ3) is 2.12. The van der Waals surface area contributed by atoms with Gasteiger partial charge in [-0.05, 0) is 44.4 Å². The quantitative estimate of drug-likeness (QED) is 0.877. The first-order chi connectivity index (χ1) is 7.95. The Morgan fingerprint density at radius 3 is 2.53 bits per heavy atom. The average Bonchev–Trinajstić information content (AvgIpc) is 3.01. The number of carboxylic acid groups (broad SMARTS) is 1. The maximum Gasteiger partial charge on any atom is 0.314 e. The van der Waals surface area contributed by atoms with E-state index in [1.165, 1.54) is 12.1 Å². The molecule has 1 aliphatic rings. The van der Waals surface area contributed by atoms with Crippen molar-refractivity contribution in [1.82, 2.24) is 0 Å². The maximum atomic E-state index is 13.7. The van der Waals surface area contributed by atoms with Gasteiger partial charge in [0.25, 0.3) is 0 Å². The highest BCUT2D eigenvalue weighted by Crippen LogP contribution is 2.49. The first-order valence-corrected chi connectivity index (χ1v) is 5.66. The zero-order chi connectivity index (χ0) is 12.6. The molecule has 0 aliphatic heterocycles. The summed E-state index contributed by atoms with van der Waals surface area (Å²) in [6.07, 6.45) is 1.04. The number of benzene rings is 1. The smallest absolute Gasteiger partial charge is 0.314 e. The molecule has 0 bridgehead atoms. The molecular formula is C13H15FO3. The largest absolute Gasteiger partial charge is 0.488 e. The lowest BCUT2D eigenvalue weighted by molar-refractivity contribution is -0.140. The average molecular weight is 238 g/mol. The first kappa shape index (κ1) is 11.9. The van der Waals surface area contributed by atoms with Gasteiger partial charge in [-0.25, -0.2) is 4.39 Å². The number of ether oxygens (including phenoxy) is 1. The van der Waals surface area contributed by atoms with Gasteiger partial charge in [0.1, 0.15) is 0 Å². The fourth-order valence-corrected chi connectivity index (χ4v) is 1.90. The van der Waals surface area contributed by atoms with E-state index < -0.39 is 17.2 Å². The third-order valence-electron chi connectivity index (χ3n) is 3.01. The Morgan fingerprint density at radius 2 is 2.12 bits per heavy atom. The molecule has 92 valence electrons. The summed E-state index contributed by atoms with van der Waals surface area (Å²) < 4.78 is 19.0. The lowest BCUT2D eigenvalue weighted by Gasteiger charge is -2.14. The number of hydrogen-bond acceptors (Lipinski definition) is 2. The van der Waals surface area contributed by atoms with Gasteiger partial charge >= 0.3 is 5.97 Å². The topological polar surface area (TPSA) is 46.5 Å². The zero-order valence-electron chi connectivity index (χ0n) is 9.87. The molecule has 0 saturated heterocycles. The van der Waals surface area contributed by atoms with Crippen LogP contribution in [0.3, 0.4) is 0 Å². The summed E-state index contributed by atoms with van der Waals surface area (Å²) in [5.74, 6) is -1.21. The molecule has 1 aliphatic carbocycles. The van der Waals surface area contributed by atoms with Crippen molar-refractivity contribution >= 4 is 5.97 Å². The summed E-state index contributed by atoms with van der Waals surface area (Å²) in [6, 6.07) is 4.43. The summed E-state index contributed by atoms with van der Waals surface area (Å²) in [7, 11) is 0. The van der Waals surface area contributed by atoms with E-state index in [9.17, 15) is 9.18 Å². The van der Waals surface area contributed by atoms with E-state index in [1.54, 1.807) is 6.07 Å². The standard InChI is InChI=1S/C13H15FO3/c1-8(2)17-11-4-3-9(7-10(11)14)13(5-6-13)12(15)16/h3-4,7-8H,5-6H2,1-2H3,(H,15,16). The highest BCUT2D eigenvalue weighted by molar-refractivity contribution is 5.84. The van der Waals surface area contributed by atoms with Crippen LogP contribution in [-0.4, -0.2) is 17.2 Å². The SMILES string of the molecule is CC(C)Oc1ccc(C2(C(=O)O)CC2)cc1F. The monoisotopic (exact) mass is 238 g/mol. The van der Waals surface area contributed by atoms with Gasteiger partial charge in [0.05, 0.1) is 11.5 Å². The molecule has 0 spiro atoms. The van der Waals surface area contributed by atoms with Crippen LogP contribution in [0.2, 0.25) is 0 Å². The lowest BCUT2D eigenvalue weighted by atomic mass is 9.96. The first-order valence-electron chi connectivity index (χ1n) is 5.66. The number of hydrogen-bond donors (Lipinski definition) is 1. The Kier molecular flexibility index (Phi) is 2.81. The van der Waals surface area contributed by atoms with Gasteiger partial charge in [-0.15, -0.1) is 0 Å². The Hall–Kier alpha value is -1.58. The van der Waals surface area contributed by atoms with Crippen molar-refractivity contribution in [1.29, 1.82) is 0 Å². The van der Waals surface area contributed by atoms with Crippen LogP contribution in [0.15, 0.2) is 18.2 Å². The van der Waals surface area contributed by atoms with Crippen molar-refractivity contribution in [2.24, 2.45) is 0 Å². The van der Waals surface area contributed by atoms with Crippen LogP contribution >= 0.6 is 0 Å². The van der Waals surface area contributed by atoms with Crippen LogP contribution in [0.4, 0.5) is 4.39 Å². The highest BCUT2D eigenvalue weighted by atomic mass is 19.1. The summed E-state index contributed by atoms with van der Waals surface area (Å²) in [5.41, 5.74) is -0.337. The predicted octanol–water partition coefficient (Wildman–Crippen LogP) is 2.73. The van der Waals surface area contributed by atoms with Gasteiger partial charge in [0.15, 0.2) is 11.6 Å². The summed E-state index contributed by atoms with van der Waals surface area (Å²) >= 11 is 0. The fourth-order valence-electron chi connectivity index (χ4n) is 1.90. The van der Waals surface area contributed by atoms with Crippen LogP contribution in [0, 0.1) is 5.82 Å². The molecule has 1 aromatic carbocycles. The molecule has 1 fully saturated rings. The molecule has 4 heteroatoms. The Labute approximate surface area is 99.2 Å². The van der Waals surface area contributed by atoms with Crippen LogP contribution in [-0.2, 0) is 10.2 Å². The second kappa shape index (κ2) is 4.02. The molecule has 0 aromatic heterocycles. The molecule has 1 aromatic rings. The lowest BCUT2D eigenvalue weighted by Crippen LogP contribution is -2.19. The Bertz CT molecular complexity index is 450. The minimum atomic E-state index is -0.880. The predicted molar refractivity (Wildman–Crippen MR) is 60.7 cm³/mol. The molecule has 0 atom stereocenters. The van der Waals surface area contributed by atoms with Crippen molar-refractivity contribution in [2.75, 3.05) is 0 Å². The van der Waals surface area contributed by atoms with Crippen LogP contribution in [0.1, 0.15) is 32.3 Å². The van der Waals surface area contributed by atoms with E-state index in [0.29, 0.717) is 18.4 Å². The van der Waals surface area contributed by atoms with Crippen molar-refractivity contribution in [3.05, 3.63) is 29.6 Å². The van der Waals surface area contributed by atoms with E-state index in [2.05, 4.69) is 0 Å². The summed E-state index contributed by atoms with van der Waals surface area (Å²) in [6.45, 7) is 3.62. The summed E-state index contributed by atoms with van der Waals surface area (Å²) in [4.78, 5) is 11.1. The molecule has 1 N–H and O–H groups in total. The second-order valence-electron chi connectivity index (χ2n) is 4.70. The molecular weight excluding hydrogens is 223 g/mol. The van der Waals surface area contributed by atoms with Crippen LogP contribution < -0.4 is 4.74 Å². The molecule has 17 heavy (non-hydrogen) atoms. The number of aliphatic carboxylic acids is 1. The van der Waals surface area contributed by atoms with Gasteiger partial charge in [-0.2, -0.15) is 0 Å². The van der Waals surface area contributed by atoms with Crippen molar-refractivity contribution < 1.29 is 19.0 Å². The van der Waals surface area contributed by atoms with Gasteiger partial charge in [-0.1, -0.05) is 6.07 Å². The summed E-state index contributed by atoms with van der Waals surface area (Å²) in [5, 5.41) is 9.11. The zero-order valence-corrected chi connectivity index (χ0v) is 9.87. The molecule has 3 nitrogen and oxygen atoms in total. The second-order valence-corrected chi connectivity index (χ2v) is 4.70. The molecule has 1 saturated carbocycles. The minimum Gasteiger partial charge on any atom is -0.488 e. The highest BCUT2D eigenvalue weighted by Gasteiger charge is 2.51. The molecule has 2 rings (SSSR count). The van der Waals surface area contributed by atoms with E-state index >= 15 is 0 Å². The van der Waals surface area contributed by atoms with Gasteiger partial charge in [0.2, 0.25) is 0 Å². The van der Waals surface area contributed by atoms with Crippen LogP contribution in [0.5, 0.6) is 5.75 Å². The van der Waals surface area contributed by atoms with Crippen LogP contribution in [0.25, 0.3) is 0 Å². The van der Waals surface area contributed by atoms with Crippen molar-refractivity contribution in [2.45, 2.75) is 38.2 Å². The molecule has 0 radical (unpaired) electrons. The van der Waals surface area contributed by atoms with Crippen molar-refractivity contribution in [3.8, 4) is 5.75 Å². The maximum absolute atomic E-state index is 13.7. The molecule has 0 amide bonds. The van der Waals surface area contributed by atoms with Gasteiger partial charge < -0.3 is 9.84 Å². The van der Waals surface area contributed by atoms with E-state index in [0.717, 1.165) is 0 Å². The van der Waals surface area contributed by atoms with Crippen molar-refractivity contribution in [3.63, 3.8) is 0 Å². The van der Waals surface area contributed by atoms with E-state index in [4.69, 9.17) is 9.84 Å². The Balaban J connectivity index is 2.28. The number of carboxylic acids is 1. The van der Waals surface area contributed by atoms with Gasteiger partial charge in [-0.3, -0.25) is 4.79 Å². The number of carbonyl (C=O) groups is 1. The molecule has 0 unspecified atom stereocenters. The Morgan fingerprint density at radius 1 is 1.47 bits per heavy atom. The number of rotatable bonds is 4. The van der Waals surface area contributed by atoms with E-state index in [1.807, 2.05) is 13.8 Å². The number of halogens is 1.